The van der Waals surface area contributed by atoms with Crippen LogP contribution < -0.4 is 10.8 Å². The van der Waals surface area contributed by atoms with Crippen molar-refractivity contribution in [3.8, 4) is 0 Å². The first kappa shape index (κ1) is 23.7. The van der Waals surface area contributed by atoms with E-state index in [9.17, 15) is 18.7 Å². The summed E-state index contributed by atoms with van der Waals surface area (Å²) in [5, 5.41) is 13.1. The highest BCUT2D eigenvalue weighted by Gasteiger charge is 2.25. The quantitative estimate of drug-likeness (QED) is 0.426. The Bertz CT molecular complexity index is 792. The first-order chi connectivity index (χ1) is 14.1. The van der Waals surface area contributed by atoms with E-state index in [1.165, 1.54) is 0 Å². The minimum absolute atomic E-state index is 0.00451. The molecule has 164 valence electrons. The van der Waals surface area contributed by atoms with E-state index in [4.69, 9.17) is 9.57 Å². The van der Waals surface area contributed by atoms with E-state index in [0.717, 1.165) is 23.8 Å². The average Bonchev–Trinajstić information content (AvgIpc) is 2.63. The summed E-state index contributed by atoms with van der Waals surface area (Å²) in [6.45, 7) is 5.38. The summed E-state index contributed by atoms with van der Waals surface area (Å²) in [6, 6.07) is 11.6. The number of carbonyl (C=O) groups is 1. The number of hydrogen-bond acceptors (Lipinski definition) is 5. The van der Waals surface area contributed by atoms with Crippen LogP contribution in [0.3, 0.4) is 0 Å². The number of halogens is 2. The largest absolute Gasteiger partial charge is 0.444 e. The lowest BCUT2D eigenvalue weighted by atomic mass is 10.0. The molecule has 3 N–H and O–H groups in total. The van der Waals surface area contributed by atoms with E-state index < -0.39 is 35.5 Å². The van der Waals surface area contributed by atoms with Gasteiger partial charge in [0.15, 0.2) is 0 Å². The maximum atomic E-state index is 13.5. The molecule has 8 heteroatoms. The van der Waals surface area contributed by atoms with Gasteiger partial charge in [0.2, 0.25) is 0 Å². The van der Waals surface area contributed by atoms with Gasteiger partial charge in [0.05, 0.1) is 18.8 Å². The number of benzene rings is 2. The van der Waals surface area contributed by atoms with Crippen LogP contribution >= 0.6 is 0 Å². The van der Waals surface area contributed by atoms with Gasteiger partial charge in [-0.05, 0) is 50.5 Å². The van der Waals surface area contributed by atoms with Gasteiger partial charge in [0, 0.05) is 12.6 Å². The highest BCUT2D eigenvalue weighted by molar-refractivity contribution is 5.68. The van der Waals surface area contributed by atoms with E-state index in [1.807, 2.05) is 30.3 Å². The number of carbonyl (C=O) groups excluding carboxylic acids is 1. The predicted octanol–water partition coefficient (Wildman–Crippen LogP) is 3.48. The molecule has 0 heterocycles. The second-order valence-electron chi connectivity index (χ2n) is 7.92. The van der Waals surface area contributed by atoms with Gasteiger partial charge in [-0.1, -0.05) is 30.3 Å². The van der Waals surface area contributed by atoms with Crippen LogP contribution in [0, 0.1) is 11.6 Å². The first-order valence-electron chi connectivity index (χ1n) is 9.63. The van der Waals surface area contributed by atoms with Gasteiger partial charge in [0.1, 0.15) is 17.2 Å². The Morgan fingerprint density at radius 1 is 1.07 bits per heavy atom. The summed E-state index contributed by atoms with van der Waals surface area (Å²) in [5.41, 5.74) is 3.15. The molecule has 0 fully saturated rings. The molecule has 0 saturated carbocycles. The van der Waals surface area contributed by atoms with Gasteiger partial charge in [-0.15, -0.1) is 0 Å². The monoisotopic (exact) mass is 422 g/mol. The Hall–Kier alpha value is -2.55. The van der Waals surface area contributed by atoms with Crippen LogP contribution in [-0.4, -0.2) is 35.5 Å². The van der Waals surface area contributed by atoms with Crippen molar-refractivity contribution in [1.82, 2.24) is 10.8 Å². The molecule has 0 bridgehead atoms. The second kappa shape index (κ2) is 11.0. The Labute approximate surface area is 175 Å². The van der Waals surface area contributed by atoms with Crippen LogP contribution in [0.1, 0.15) is 31.9 Å². The predicted molar refractivity (Wildman–Crippen MR) is 108 cm³/mol. The Balaban J connectivity index is 1.98. The molecule has 2 aromatic carbocycles. The number of aliphatic hydroxyl groups excluding tert-OH is 1. The van der Waals surface area contributed by atoms with Gasteiger partial charge in [-0.2, -0.15) is 5.48 Å². The average molecular weight is 422 g/mol. The molecule has 0 radical (unpaired) electrons. The maximum Gasteiger partial charge on any atom is 0.407 e. The van der Waals surface area contributed by atoms with Gasteiger partial charge in [-0.3, -0.25) is 4.84 Å². The maximum absolute atomic E-state index is 13.5. The van der Waals surface area contributed by atoms with Crippen molar-refractivity contribution in [2.75, 3.05) is 6.54 Å². The lowest BCUT2D eigenvalue weighted by molar-refractivity contribution is -0.00682. The smallest absolute Gasteiger partial charge is 0.407 e. The summed E-state index contributed by atoms with van der Waals surface area (Å²) in [5.74, 6) is -1.47. The lowest BCUT2D eigenvalue weighted by Crippen LogP contribution is -2.50. The van der Waals surface area contributed by atoms with Gasteiger partial charge < -0.3 is 15.2 Å². The fourth-order valence-electron chi connectivity index (χ4n) is 2.72. The molecule has 1 amide bonds. The first-order valence-corrected chi connectivity index (χ1v) is 9.63. The highest BCUT2D eigenvalue weighted by atomic mass is 19.1. The zero-order valence-electron chi connectivity index (χ0n) is 17.3. The van der Waals surface area contributed by atoms with Crippen molar-refractivity contribution < 1.29 is 28.3 Å². The second-order valence-corrected chi connectivity index (χ2v) is 7.92. The molecule has 2 rings (SSSR count). The third-order valence-corrected chi connectivity index (χ3v) is 4.02. The summed E-state index contributed by atoms with van der Waals surface area (Å²) in [4.78, 5) is 17.5. The molecule has 6 nitrogen and oxygen atoms in total. The summed E-state index contributed by atoms with van der Waals surface area (Å²) >= 11 is 0. The third-order valence-electron chi connectivity index (χ3n) is 4.02. The highest BCUT2D eigenvalue weighted by Crippen LogP contribution is 2.13. The standard InChI is InChI=1S/C22H28F2N2O4/c1-22(2,3)30-21(28)26-19(11-16-9-17(23)12-18(24)10-16)20(27)13-25-29-14-15-7-5-4-6-8-15/h4-10,12,19-20,25,27H,11,13-14H2,1-3H3,(H,26,28)/t19-,20+/m0/s1. The number of amides is 1. The van der Waals surface area contributed by atoms with E-state index in [2.05, 4.69) is 10.8 Å². The van der Waals surface area contributed by atoms with E-state index in [-0.39, 0.29) is 25.1 Å². The van der Waals surface area contributed by atoms with Gasteiger partial charge in [-0.25, -0.2) is 13.6 Å². The number of nitrogens with one attached hydrogen (secondary N) is 2. The van der Waals surface area contributed by atoms with Crippen molar-refractivity contribution in [2.45, 2.75) is 51.5 Å². The summed E-state index contributed by atoms with van der Waals surface area (Å²) in [7, 11) is 0. The van der Waals surface area contributed by atoms with E-state index in [1.54, 1.807) is 20.8 Å². The number of hydrogen-bond donors (Lipinski definition) is 3. The molecular weight excluding hydrogens is 394 g/mol. The van der Waals surface area contributed by atoms with Crippen molar-refractivity contribution in [1.29, 1.82) is 0 Å². The molecule has 0 saturated heterocycles. The zero-order valence-corrected chi connectivity index (χ0v) is 17.3. The van der Waals surface area contributed by atoms with Crippen LogP contribution in [-0.2, 0) is 22.6 Å². The van der Waals surface area contributed by atoms with Crippen LogP contribution in [0.2, 0.25) is 0 Å². The Morgan fingerprint density at radius 2 is 1.70 bits per heavy atom. The van der Waals surface area contributed by atoms with Crippen molar-refractivity contribution in [3.63, 3.8) is 0 Å². The van der Waals surface area contributed by atoms with Crippen molar-refractivity contribution >= 4 is 6.09 Å². The number of rotatable bonds is 9. The Kier molecular flexibility index (Phi) is 8.71. The summed E-state index contributed by atoms with van der Waals surface area (Å²) in [6.07, 6.45) is -1.86. The molecular formula is C22H28F2N2O4. The normalized spacial score (nSPS) is 13.5. The summed E-state index contributed by atoms with van der Waals surface area (Å²) < 4.78 is 32.3. The number of alkyl carbamates (subject to hydrolysis) is 1. The van der Waals surface area contributed by atoms with E-state index >= 15 is 0 Å². The molecule has 0 spiro atoms. The molecule has 0 aliphatic rings. The lowest BCUT2D eigenvalue weighted by Gasteiger charge is -2.27. The zero-order chi connectivity index (χ0) is 22.1. The van der Waals surface area contributed by atoms with Gasteiger partial charge >= 0.3 is 6.09 Å². The van der Waals surface area contributed by atoms with Crippen LogP contribution in [0.15, 0.2) is 48.5 Å². The molecule has 2 aromatic rings. The number of hydroxylamine groups is 1. The fraction of sp³-hybridized carbons (Fsp3) is 0.409. The minimum Gasteiger partial charge on any atom is -0.444 e. The molecule has 30 heavy (non-hydrogen) atoms. The topological polar surface area (TPSA) is 79.8 Å². The molecule has 0 unspecified atom stereocenters. The molecule has 0 aliphatic heterocycles. The molecule has 2 atom stereocenters. The number of aliphatic hydroxyl groups is 1. The minimum atomic E-state index is -1.11. The van der Waals surface area contributed by atoms with Crippen LogP contribution in [0.25, 0.3) is 0 Å². The fourth-order valence-corrected chi connectivity index (χ4v) is 2.72. The third kappa shape index (κ3) is 8.86. The van der Waals surface area contributed by atoms with Crippen LogP contribution in [0.4, 0.5) is 13.6 Å². The van der Waals surface area contributed by atoms with Crippen molar-refractivity contribution in [2.24, 2.45) is 0 Å². The van der Waals surface area contributed by atoms with Crippen molar-refractivity contribution in [3.05, 3.63) is 71.3 Å². The molecule has 0 aromatic heterocycles. The van der Waals surface area contributed by atoms with Crippen LogP contribution in [0.5, 0.6) is 0 Å². The number of ether oxygens (including phenoxy) is 1. The molecule has 0 aliphatic carbocycles. The SMILES string of the molecule is CC(C)(C)OC(=O)N[C@@H](Cc1cc(F)cc(F)c1)[C@H](O)CNOCc1ccccc1. The Morgan fingerprint density at radius 3 is 2.30 bits per heavy atom. The van der Waals surface area contributed by atoms with Gasteiger partial charge in [0.25, 0.3) is 0 Å². The van der Waals surface area contributed by atoms with E-state index in [0.29, 0.717) is 0 Å².